The molecule has 35 heavy (non-hydrogen) atoms. The van der Waals surface area contributed by atoms with E-state index >= 15 is 0 Å². The molecule has 0 aliphatic carbocycles. The zero-order valence-electron chi connectivity index (χ0n) is 18.7. The molecule has 2 amide bonds. The second kappa shape index (κ2) is 11.7. The van der Waals surface area contributed by atoms with E-state index in [1.54, 1.807) is 48.5 Å². The third kappa shape index (κ3) is 6.60. The molecule has 0 radical (unpaired) electrons. The SMILES string of the molecule is COCOc1cc(Cl)ccc1-c1cc(-c2cccc(NC(=O)CCNC(=O)O)c2)c(C#N)c(N)n1. The Balaban J connectivity index is 1.98. The zero-order chi connectivity index (χ0) is 25.4. The van der Waals surface area contributed by atoms with E-state index in [1.165, 1.54) is 7.11 Å². The van der Waals surface area contributed by atoms with Crippen LogP contribution in [0.15, 0.2) is 48.5 Å². The van der Waals surface area contributed by atoms with Gasteiger partial charge in [-0.1, -0.05) is 23.7 Å². The Hall–Kier alpha value is -4.33. The number of methoxy groups -OCH3 is 1. The number of hydrogen-bond acceptors (Lipinski definition) is 7. The summed E-state index contributed by atoms with van der Waals surface area (Å²) in [6.07, 6.45) is -1.24. The topological polar surface area (TPSA) is 160 Å². The molecule has 0 spiro atoms. The average molecular weight is 496 g/mol. The normalized spacial score (nSPS) is 10.3. The largest absolute Gasteiger partial charge is 0.467 e. The van der Waals surface area contributed by atoms with E-state index in [2.05, 4.69) is 21.7 Å². The maximum atomic E-state index is 12.1. The van der Waals surface area contributed by atoms with Crippen molar-refractivity contribution in [2.75, 3.05) is 31.5 Å². The van der Waals surface area contributed by atoms with Crippen LogP contribution < -0.4 is 21.1 Å². The van der Waals surface area contributed by atoms with Gasteiger partial charge in [0.25, 0.3) is 0 Å². The first-order valence-corrected chi connectivity index (χ1v) is 10.7. The van der Waals surface area contributed by atoms with E-state index in [1.807, 2.05) is 0 Å². The predicted molar refractivity (Wildman–Crippen MR) is 131 cm³/mol. The maximum absolute atomic E-state index is 12.1. The molecule has 3 rings (SSSR count). The zero-order valence-corrected chi connectivity index (χ0v) is 19.4. The van der Waals surface area contributed by atoms with Crippen LogP contribution in [0.25, 0.3) is 22.4 Å². The third-order valence-electron chi connectivity index (χ3n) is 4.80. The number of nitrogens with zero attached hydrogens (tertiary/aromatic N) is 2. The van der Waals surface area contributed by atoms with Gasteiger partial charge in [0.2, 0.25) is 5.91 Å². The Morgan fingerprint density at radius 1 is 1.20 bits per heavy atom. The van der Waals surface area contributed by atoms with E-state index in [0.29, 0.717) is 38.8 Å². The summed E-state index contributed by atoms with van der Waals surface area (Å²) >= 11 is 6.12. The van der Waals surface area contributed by atoms with Crippen LogP contribution in [0.5, 0.6) is 5.75 Å². The third-order valence-corrected chi connectivity index (χ3v) is 5.03. The van der Waals surface area contributed by atoms with Gasteiger partial charge in [-0.05, 0) is 42.0 Å². The molecule has 2 aromatic carbocycles. The second-order valence-electron chi connectivity index (χ2n) is 7.23. The van der Waals surface area contributed by atoms with E-state index in [-0.39, 0.29) is 37.0 Å². The fourth-order valence-electron chi connectivity index (χ4n) is 3.27. The Morgan fingerprint density at radius 3 is 2.71 bits per heavy atom. The van der Waals surface area contributed by atoms with Gasteiger partial charge in [0.15, 0.2) is 6.79 Å². The van der Waals surface area contributed by atoms with Gasteiger partial charge in [0.1, 0.15) is 23.2 Å². The number of nitrogens with one attached hydrogen (secondary N) is 2. The molecular formula is C24H22ClN5O5. The molecule has 1 heterocycles. The minimum atomic E-state index is -1.20. The van der Waals surface area contributed by atoms with Crippen LogP contribution in [0.3, 0.4) is 0 Å². The number of nitrogens with two attached hydrogens (primary N) is 1. The van der Waals surface area contributed by atoms with Crippen molar-refractivity contribution < 1.29 is 24.2 Å². The molecule has 5 N–H and O–H groups in total. The van der Waals surface area contributed by atoms with Gasteiger partial charge in [-0.3, -0.25) is 4.79 Å². The summed E-state index contributed by atoms with van der Waals surface area (Å²) < 4.78 is 10.6. The summed E-state index contributed by atoms with van der Waals surface area (Å²) in [7, 11) is 1.49. The monoisotopic (exact) mass is 495 g/mol. The number of carboxylic acid groups (broad SMARTS) is 1. The van der Waals surface area contributed by atoms with Crippen LogP contribution in [0.4, 0.5) is 16.3 Å². The van der Waals surface area contributed by atoms with Crippen molar-refractivity contribution in [3.8, 4) is 34.2 Å². The smallest absolute Gasteiger partial charge is 0.404 e. The lowest BCUT2D eigenvalue weighted by molar-refractivity contribution is -0.116. The molecular weight excluding hydrogens is 474 g/mol. The molecule has 10 nitrogen and oxygen atoms in total. The molecule has 0 saturated heterocycles. The van der Waals surface area contributed by atoms with E-state index in [9.17, 15) is 14.9 Å². The van der Waals surface area contributed by atoms with Gasteiger partial charge < -0.3 is 30.9 Å². The number of rotatable bonds is 9. The fraction of sp³-hybridized carbons (Fsp3) is 0.167. The van der Waals surface area contributed by atoms with Gasteiger partial charge in [-0.25, -0.2) is 9.78 Å². The van der Waals surface area contributed by atoms with Gasteiger partial charge in [-0.15, -0.1) is 0 Å². The lowest BCUT2D eigenvalue weighted by Crippen LogP contribution is -2.25. The highest BCUT2D eigenvalue weighted by Crippen LogP contribution is 2.37. The lowest BCUT2D eigenvalue weighted by Gasteiger charge is -2.14. The van der Waals surface area contributed by atoms with Crippen molar-refractivity contribution in [3.63, 3.8) is 0 Å². The van der Waals surface area contributed by atoms with E-state index in [4.69, 9.17) is 31.9 Å². The molecule has 0 bridgehead atoms. The molecule has 0 aliphatic heterocycles. The standard InChI is InChI=1S/C24H22ClN5O5/c1-34-13-35-21-10-15(25)5-6-17(21)20-11-18(19(12-26)23(27)30-20)14-3-2-4-16(9-14)29-22(31)7-8-28-24(32)33/h2-6,9-11,28H,7-8,13H2,1H3,(H2,27,30)(H,29,31)(H,32,33). The number of anilines is 2. The summed E-state index contributed by atoms with van der Waals surface area (Å²) in [4.78, 5) is 27.1. The quantitative estimate of drug-likeness (QED) is 0.323. The molecule has 3 aromatic rings. The number of hydrogen-bond donors (Lipinski definition) is 4. The highest BCUT2D eigenvalue weighted by atomic mass is 35.5. The van der Waals surface area contributed by atoms with Crippen molar-refractivity contribution in [1.29, 1.82) is 5.26 Å². The van der Waals surface area contributed by atoms with E-state index in [0.717, 1.165) is 0 Å². The summed E-state index contributed by atoms with van der Waals surface area (Å²) in [5.74, 6) is 0.0900. The Labute approximate surface area is 206 Å². The van der Waals surface area contributed by atoms with Crippen molar-refractivity contribution in [1.82, 2.24) is 10.3 Å². The minimum Gasteiger partial charge on any atom is -0.467 e. The van der Waals surface area contributed by atoms with Crippen molar-refractivity contribution in [2.24, 2.45) is 0 Å². The molecule has 0 aliphatic rings. The molecule has 0 atom stereocenters. The van der Waals surface area contributed by atoms with Crippen LogP contribution in [0.2, 0.25) is 5.02 Å². The molecule has 180 valence electrons. The van der Waals surface area contributed by atoms with Crippen molar-refractivity contribution >= 4 is 35.1 Å². The van der Waals surface area contributed by atoms with Crippen LogP contribution >= 0.6 is 11.6 Å². The summed E-state index contributed by atoms with van der Waals surface area (Å²) in [6.45, 7) is -0.0199. The first-order chi connectivity index (χ1) is 16.8. The first-order valence-electron chi connectivity index (χ1n) is 10.3. The highest BCUT2D eigenvalue weighted by molar-refractivity contribution is 6.30. The van der Waals surface area contributed by atoms with Gasteiger partial charge in [0.05, 0.1) is 5.69 Å². The van der Waals surface area contributed by atoms with Crippen molar-refractivity contribution in [2.45, 2.75) is 6.42 Å². The number of carbonyl (C=O) groups is 2. The Bertz CT molecular complexity index is 1290. The lowest BCUT2D eigenvalue weighted by atomic mass is 9.97. The number of amides is 2. The summed E-state index contributed by atoms with van der Waals surface area (Å²) in [5.41, 5.74) is 8.96. The number of benzene rings is 2. The van der Waals surface area contributed by atoms with Crippen molar-refractivity contribution in [3.05, 3.63) is 59.1 Å². The van der Waals surface area contributed by atoms with Crippen LogP contribution in [-0.4, -0.2) is 42.5 Å². The molecule has 0 unspecified atom stereocenters. The number of aromatic nitrogens is 1. The molecule has 0 fully saturated rings. The highest BCUT2D eigenvalue weighted by Gasteiger charge is 2.17. The molecule has 11 heteroatoms. The molecule has 0 saturated carbocycles. The van der Waals surface area contributed by atoms with Gasteiger partial charge in [0, 0.05) is 41.9 Å². The van der Waals surface area contributed by atoms with E-state index < -0.39 is 6.09 Å². The number of halogens is 1. The predicted octanol–water partition coefficient (Wildman–Crippen LogP) is 4.10. The maximum Gasteiger partial charge on any atom is 0.404 e. The fourth-order valence-corrected chi connectivity index (χ4v) is 3.43. The van der Waals surface area contributed by atoms with Crippen LogP contribution in [0.1, 0.15) is 12.0 Å². The number of nitrogen functional groups attached to an aromatic ring is 1. The Morgan fingerprint density at radius 2 is 2.00 bits per heavy atom. The minimum absolute atomic E-state index is 0.00428. The number of carbonyl (C=O) groups excluding carboxylic acids is 1. The number of ether oxygens (including phenoxy) is 2. The van der Waals surface area contributed by atoms with Crippen LogP contribution in [-0.2, 0) is 9.53 Å². The second-order valence-corrected chi connectivity index (χ2v) is 7.67. The van der Waals surface area contributed by atoms with Crippen LogP contribution in [0, 0.1) is 11.3 Å². The summed E-state index contributed by atoms with van der Waals surface area (Å²) in [6, 6.07) is 15.7. The van der Waals surface area contributed by atoms with Gasteiger partial charge >= 0.3 is 6.09 Å². The number of nitriles is 1. The summed E-state index contributed by atoms with van der Waals surface area (Å²) in [5, 5.41) is 23.7. The average Bonchev–Trinajstić information content (AvgIpc) is 2.82. The number of pyridine rings is 1. The Kier molecular flexibility index (Phi) is 8.45. The molecule has 1 aromatic heterocycles. The first kappa shape index (κ1) is 25.3. The van der Waals surface area contributed by atoms with Gasteiger partial charge in [-0.2, -0.15) is 5.26 Å².